The number of rotatable bonds is 4. The average molecular weight is 700 g/mol. The van der Waals surface area contributed by atoms with Crippen LogP contribution in [-0.4, -0.2) is 13.7 Å². The monoisotopic (exact) mass is 699 g/mol. The van der Waals surface area contributed by atoms with E-state index in [1.165, 1.54) is 32.6 Å². The molecule has 0 amide bonds. The molecule has 55 heavy (non-hydrogen) atoms. The molecule has 3 heterocycles. The van der Waals surface area contributed by atoms with Crippen molar-refractivity contribution < 1.29 is 0 Å². The van der Waals surface area contributed by atoms with E-state index in [9.17, 15) is 5.26 Å². The molecule has 5 heteroatoms. The van der Waals surface area contributed by atoms with Gasteiger partial charge in [0.15, 0.2) is 5.69 Å². The van der Waals surface area contributed by atoms with Gasteiger partial charge in [0.2, 0.25) is 0 Å². The normalized spacial score (nSPS) is 11.6. The summed E-state index contributed by atoms with van der Waals surface area (Å²) >= 11 is 0. The quantitative estimate of drug-likeness (QED) is 0.169. The maximum atomic E-state index is 9.70. The molecule has 5 nitrogen and oxygen atoms in total. The Labute approximate surface area is 316 Å². The zero-order chi connectivity index (χ0) is 36.6. The van der Waals surface area contributed by atoms with Crippen molar-refractivity contribution in [1.29, 1.82) is 5.26 Å². The second-order valence-electron chi connectivity index (χ2n) is 13.9. The molecule has 0 unspecified atom stereocenters. The number of hydrogen-bond donors (Lipinski definition) is 0. The molecule has 11 aromatic rings. The molecule has 0 spiro atoms. The molecule has 8 aromatic carbocycles. The fraction of sp³-hybridized carbons (Fsp3) is 0. The number of hydrogen-bond acceptors (Lipinski definition) is 1. The van der Waals surface area contributed by atoms with Crippen molar-refractivity contribution in [3.05, 3.63) is 193 Å². The zero-order valence-electron chi connectivity index (χ0n) is 29.5. The lowest BCUT2D eigenvalue weighted by Crippen LogP contribution is -1.97. The van der Waals surface area contributed by atoms with Gasteiger partial charge in [-0.05, 0) is 83.9 Å². The summed E-state index contributed by atoms with van der Waals surface area (Å²) in [5.41, 5.74) is 12.8. The molecule has 0 N–H and O–H groups in total. The van der Waals surface area contributed by atoms with Crippen LogP contribution >= 0.6 is 0 Å². The van der Waals surface area contributed by atoms with Crippen molar-refractivity contribution in [2.75, 3.05) is 0 Å². The lowest BCUT2D eigenvalue weighted by atomic mass is 10.0. The van der Waals surface area contributed by atoms with E-state index in [0.29, 0.717) is 11.3 Å². The minimum Gasteiger partial charge on any atom is -0.309 e. The van der Waals surface area contributed by atoms with E-state index in [1.54, 1.807) is 0 Å². The summed E-state index contributed by atoms with van der Waals surface area (Å²) in [5.74, 6) is 0. The SMILES string of the molecule is [C-]#[N+]c1ccc(-n2c3ccccc3c3c(-n4c5ccccc5c5ccccc54)cccc32)cc1-c1ccc(-n2c3ccccc3c3ccc(C#N)cc32)cc1. The van der Waals surface area contributed by atoms with Crippen LogP contribution in [0.4, 0.5) is 5.69 Å². The molecule has 0 aliphatic heterocycles. The Morgan fingerprint density at radius 1 is 0.436 bits per heavy atom. The van der Waals surface area contributed by atoms with Crippen molar-refractivity contribution in [2.24, 2.45) is 0 Å². The van der Waals surface area contributed by atoms with E-state index in [4.69, 9.17) is 6.57 Å². The van der Waals surface area contributed by atoms with Crippen molar-refractivity contribution in [3.63, 3.8) is 0 Å². The van der Waals surface area contributed by atoms with Gasteiger partial charge in [-0.3, -0.25) is 0 Å². The Bertz CT molecular complexity index is 3400. The predicted octanol–water partition coefficient (Wildman–Crippen LogP) is 13.1. The van der Waals surface area contributed by atoms with Gasteiger partial charge in [0.05, 0.1) is 57.0 Å². The van der Waals surface area contributed by atoms with Crippen LogP contribution in [0.5, 0.6) is 0 Å². The molecule has 254 valence electrons. The van der Waals surface area contributed by atoms with Crippen LogP contribution in [-0.2, 0) is 0 Å². The first-order valence-corrected chi connectivity index (χ1v) is 18.3. The molecule has 0 aliphatic rings. The summed E-state index contributed by atoms with van der Waals surface area (Å²) < 4.78 is 6.95. The van der Waals surface area contributed by atoms with Crippen molar-refractivity contribution in [1.82, 2.24) is 13.7 Å². The molecule has 0 aliphatic carbocycles. The highest BCUT2D eigenvalue weighted by Crippen LogP contribution is 2.42. The van der Waals surface area contributed by atoms with Crippen LogP contribution in [0.2, 0.25) is 0 Å². The van der Waals surface area contributed by atoms with Crippen molar-refractivity contribution >= 4 is 71.1 Å². The van der Waals surface area contributed by atoms with Gasteiger partial charge in [-0.25, -0.2) is 4.85 Å². The predicted molar refractivity (Wildman–Crippen MR) is 226 cm³/mol. The summed E-state index contributed by atoms with van der Waals surface area (Å²) in [7, 11) is 0. The van der Waals surface area contributed by atoms with Crippen LogP contribution in [0.3, 0.4) is 0 Å². The van der Waals surface area contributed by atoms with E-state index >= 15 is 0 Å². The molecule has 0 saturated carbocycles. The fourth-order valence-corrected chi connectivity index (χ4v) is 8.75. The summed E-state index contributed by atoms with van der Waals surface area (Å²) in [4.78, 5) is 3.97. The van der Waals surface area contributed by atoms with Gasteiger partial charge in [0.1, 0.15) is 0 Å². The average Bonchev–Trinajstić information content (AvgIpc) is 3.89. The standard InChI is InChI=1S/C50H29N5/c1-52-42-28-26-35(30-41(42)33-22-24-34(25-23-33)53-43-15-6-2-13-38(43)39-27-21-32(31-51)29-49(39)53)54-46-18-9-5-14-40(46)50-47(54)19-10-20-48(50)55-44-16-7-3-11-36(44)37-12-4-8-17-45(37)55/h2-30H. The Morgan fingerprint density at radius 3 is 1.60 bits per heavy atom. The fourth-order valence-electron chi connectivity index (χ4n) is 8.75. The number of fused-ring (bicyclic) bond motifs is 9. The number of nitriles is 1. The third-order valence-corrected chi connectivity index (χ3v) is 11.1. The van der Waals surface area contributed by atoms with Gasteiger partial charge in [0.25, 0.3) is 0 Å². The molecule has 0 radical (unpaired) electrons. The number of para-hydroxylation sites is 4. The second-order valence-corrected chi connectivity index (χ2v) is 13.9. The molecule has 0 fully saturated rings. The molecular formula is C50H29N5. The molecule has 0 atom stereocenters. The Kier molecular flexibility index (Phi) is 6.61. The summed E-state index contributed by atoms with van der Waals surface area (Å²) in [6.45, 7) is 8.14. The first-order chi connectivity index (χ1) is 27.2. The van der Waals surface area contributed by atoms with E-state index in [2.05, 4.69) is 170 Å². The van der Waals surface area contributed by atoms with Crippen LogP contribution in [0.25, 0.3) is 98.5 Å². The third kappa shape index (κ3) is 4.45. The minimum absolute atomic E-state index is 0.596. The number of nitrogens with zero attached hydrogens (tertiary/aromatic N) is 5. The zero-order valence-corrected chi connectivity index (χ0v) is 29.5. The molecule has 3 aromatic heterocycles. The Balaban J connectivity index is 1.10. The van der Waals surface area contributed by atoms with Crippen LogP contribution < -0.4 is 0 Å². The van der Waals surface area contributed by atoms with E-state index in [1.807, 2.05) is 30.3 Å². The van der Waals surface area contributed by atoms with Gasteiger partial charge in [0, 0.05) is 43.7 Å². The van der Waals surface area contributed by atoms with Crippen LogP contribution in [0, 0.1) is 17.9 Å². The second kappa shape index (κ2) is 11.8. The summed E-state index contributed by atoms with van der Waals surface area (Å²) in [5, 5.41) is 16.8. The lowest BCUT2D eigenvalue weighted by molar-refractivity contribution is 1.17. The summed E-state index contributed by atoms with van der Waals surface area (Å²) in [6, 6.07) is 63.6. The van der Waals surface area contributed by atoms with Crippen LogP contribution in [0.1, 0.15) is 5.56 Å². The Morgan fingerprint density at radius 2 is 0.964 bits per heavy atom. The number of benzene rings is 8. The first kappa shape index (κ1) is 30.7. The van der Waals surface area contributed by atoms with Crippen molar-refractivity contribution in [2.45, 2.75) is 0 Å². The van der Waals surface area contributed by atoms with Crippen molar-refractivity contribution in [3.8, 4) is 34.3 Å². The maximum absolute atomic E-state index is 9.70. The number of aromatic nitrogens is 3. The summed E-state index contributed by atoms with van der Waals surface area (Å²) in [6.07, 6.45) is 0. The Hall–Kier alpha value is -7.86. The van der Waals surface area contributed by atoms with Gasteiger partial charge in [-0.1, -0.05) is 103 Å². The topological polar surface area (TPSA) is 42.9 Å². The highest BCUT2D eigenvalue weighted by atomic mass is 15.0. The minimum atomic E-state index is 0.596. The highest BCUT2D eigenvalue weighted by Gasteiger charge is 2.20. The molecular weight excluding hydrogens is 671 g/mol. The van der Waals surface area contributed by atoms with Crippen LogP contribution in [0.15, 0.2) is 176 Å². The third-order valence-electron chi connectivity index (χ3n) is 11.1. The van der Waals surface area contributed by atoms with E-state index < -0.39 is 0 Å². The smallest absolute Gasteiger partial charge is 0.195 e. The van der Waals surface area contributed by atoms with E-state index in [0.717, 1.165) is 61.0 Å². The lowest BCUT2D eigenvalue weighted by Gasteiger charge is -2.14. The molecule has 11 rings (SSSR count). The largest absolute Gasteiger partial charge is 0.309 e. The van der Waals surface area contributed by atoms with E-state index in [-0.39, 0.29) is 0 Å². The molecule has 0 saturated heterocycles. The maximum Gasteiger partial charge on any atom is 0.195 e. The van der Waals surface area contributed by atoms with Gasteiger partial charge < -0.3 is 13.7 Å². The van der Waals surface area contributed by atoms with Gasteiger partial charge in [-0.2, -0.15) is 5.26 Å². The van der Waals surface area contributed by atoms with Gasteiger partial charge >= 0.3 is 0 Å². The molecule has 0 bridgehead atoms. The van der Waals surface area contributed by atoms with Gasteiger partial charge in [-0.15, -0.1) is 0 Å². The highest BCUT2D eigenvalue weighted by molar-refractivity contribution is 6.16. The first-order valence-electron chi connectivity index (χ1n) is 18.3.